The van der Waals surface area contributed by atoms with Gasteiger partial charge in [-0.2, -0.15) is 0 Å². The van der Waals surface area contributed by atoms with Gasteiger partial charge in [0.15, 0.2) is 0 Å². The molecule has 0 spiro atoms. The number of imide groups is 1. The monoisotopic (exact) mass is 424 g/mol. The van der Waals surface area contributed by atoms with E-state index in [1.807, 2.05) is 0 Å². The number of carbonyl (C=O) groups excluding carboxylic acids is 4. The summed E-state index contributed by atoms with van der Waals surface area (Å²) in [6.07, 6.45) is 0.558. The highest BCUT2D eigenvalue weighted by molar-refractivity contribution is 6.30. The number of rotatable bonds is 6. The van der Waals surface area contributed by atoms with Crippen LogP contribution in [0.5, 0.6) is 5.75 Å². The van der Waals surface area contributed by atoms with Crippen LogP contribution in [0.1, 0.15) is 18.9 Å². The van der Waals surface area contributed by atoms with Crippen molar-refractivity contribution in [3.8, 4) is 5.75 Å². The molecule has 0 saturated carbocycles. The van der Waals surface area contributed by atoms with Gasteiger partial charge in [-0.05, 0) is 36.6 Å². The van der Waals surface area contributed by atoms with Gasteiger partial charge in [0, 0.05) is 18.6 Å². The zero-order valence-electron chi connectivity index (χ0n) is 16.6. The summed E-state index contributed by atoms with van der Waals surface area (Å²) in [5.41, 5.74) is 0.687. The first kappa shape index (κ1) is 22.5. The van der Waals surface area contributed by atoms with Crippen molar-refractivity contribution in [1.82, 2.24) is 20.9 Å². The SMILES string of the molecule is CC[C@@H](NC(=O)N1CC(=O)NCC(Cc2cc(Cl)ccc2OC)C1=O)C(=O)NC. The standard InChI is InChI=1S/C19H25ClN4O5/c1-4-14(17(26)21-2)23-19(28)24-10-16(25)22-9-12(18(24)27)7-11-8-13(20)5-6-15(11)29-3/h5-6,8,12,14H,4,7,9-10H2,1-3H3,(H,21,26)(H,22,25)(H,23,28)/t12?,14-/m1/s1. The number of ether oxygens (including phenoxy) is 1. The van der Waals surface area contributed by atoms with Crippen molar-refractivity contribution in [2.24, 2.45) is 5.92 Å². The maximum Gasteiger partial charge on any atom is 0.325 e. The van der Waals surface area contributed by atoms with E-state index in [-0.39, 0.29) is 18.9 Å². The lowest BCUT2D eigenvalue weighted by Crippen LogP contribution is -2.53. The molecule has 10 heteroatoms. The highest BCUT2D eigenvalue weighted by atomic mass is 35.5. The normalized spacial score (nSPS) is 17.8. The lowest BCUT2D eigenvalue weighted by Gasteiger charge is -2.24. The predicted octanol–water partition coefficient (Wildman–Crippen LogP) is 0.700. The average Bonchev–Trinajstić information content (AvgIpc) is 2.85. The smallest absolute Gasteiger partial charge is 0.325 e. The first-order valence-corrected chi connectivity index (χ1v) is 9.61. The summed E-state index contributed by atoms with van der Waals surface area (Å²) in [5.74, 6) is -1.50. The second-order valence-electron chi connectivity index (χ2n) is 6.61. The minimum atomic E-state index is -0.807. The molecule has 1 saturated heterocycles. The van der Waals surface area contributed by atoms with Crippen molar-refractivity contribution in [3.05, 3.63) is 28.8 Å². The average molecular weight is 425 g/mol. The van der Waals surface area contributed by atoms with E-state index in [0.717, 1.165) is 4.90 Å². The van der Waals surface area contributed by atoms with E-state index in [0.29, 0.717) is 22.8 Å². The molecule has 0 bridgehead atoms. The Hall–Kier alpha value is -2.81. The molecule has 1 fully saturated rings. The summed E-state index contributed by atoms with van der Waals surface area (Å²) in [6, 6.07) is 3.45. The van der Waals surface area contributed by atoms with E-state index >= 15 is 0 Å². The maximum absolute atomic E-state index is 13.0. The van der Waals surface area contributed by atoms with Crippen molar-refractivity contribution in [1.29, 1.82) is 0 Å². The Morgan fingerprint density at radius 1 is 1.38 bits per heavy atom. The predicted molar refractivity (Wildman–Crippen MR) is 107 cm³/mol. The number of hydrogen-bond donors (Lipinski definition) is 3. The van der Waals surface area contributed by atoms with Gasteiger partial charge in [-0.25, -0.2) is 4.79 Å². The van der Waals surface area contributed by atoms with E-state index in [1.165, 1.54) is 14.2 Å². The van der Waals surface area contributed by atoms with E-state index in [4.69, 9.17) is 16.3 Å². The van der Waals surface area contributed by atoms with Crippen LogP contribution in [-0.4, -0.2) is 61.9 Å². The summed E-state index contributed by atoms with van der Waals surface area (Å²) in [4.78, 5) is 50.4. The molecule has 1 aliphatic rings. The molecule has 1 aromatic rings. The number of hydrogen-bond acceptors (Lipinski definition) is 5. The van der Waals surface area contributed by atoms with Gasteiger partial charge in [0.1, 0.15) is 18.3 Å². The lowest BCUT2D eigenvalue weighted by molar-refractivity contribution is -0.133. The van der Waals surface area contributed by atoms with Crippen LogP contribution in [0.3, 0.4) is 0 Å². The number of methoxy groups -OCH3 is 1. The van der Waals surface area contributed by atoms with Gasteiger partial charge in [-0.3, -0.25) is 19.3 Å². The molecule has 1 aliphatic heterocycles. The van der Waals surface area contributed by atoms with Crippen molar-refractivity contribution in [3.63, 3.8) is 0 Å². The van der Waals surface area contributed by atoms with Gasteiger partial charge in [0.05, 0.1) is 13.0 Å². The van der Waals surface area contributed by atoms with Crippen LogP contribution < -0.4 is 20.7 Å². The number of nitrogens with zero attached hydrogens (tertiary/aromatic N) is 1. The minimum absolute atomic E-state index is 0.0732. The van der Waals surface area contributed by atoms with Gasteiger partial charge < -0.3 is 20.7 Å². The molecule has 5 amide bonds. The van der Waals surface area contributed by atoms with Crippen molar-refractivity contribution >= 4 is 35.4 Å². The Bertz CT molecular complexity index is 801. The van der Waals surface area contributed by atoms with Gasteiger partial charge in [0.25, 0.3) is 0 Å². The molecule has 29 heavy (non-hydrogen) atoms. The van der Waals surface area contributed by atoms with E-state index < -0.39 is 36.3 Å². The Kier molecular flexibility index (Phi) is 7.83. The zero-order chi connectivity index (χ0) is 21.6. The number of urea groups is 1. The highest BCUT2D eigenvalue weighted by Crippen LogP contribution is 2.26. The molecule has 1 aromatic carbocycles. The summed E-state index contributed by atoms with van der Waals surface area (Å²) >= 11 is 6.06. The fraction of sp³-hybridized carbons (Fsp3) is 0.474. The fourth-order valence-electron chi connectivity index (χ4n) is 3.08. The minimum Gasteiger partial charge on any atom is -0.496 e. The van der Waals surface area contributed by atoms with E-state index in [9.17, 15) is 19.2 Å². The molecule has 2 atom stereocenters. The van der Waals surface area contributed by atoms with Crippen molar-refractivity contribution in [2.45, 2.75) is 25.8 Å². The molecule has 0 aromatic heterocycles. The second-order valence-corrected chi connectivity index (χ2v) is 7.05. The Labute approximate surface area is 174 Å². The number of carbonyl (C=O) groups is 4. The molecule has 3 N–H and O–H groups in total. The lowest BCUT2D eigenvalue weighted by atomic mass is 9.97. The van der Waals surface area contributed by atoms with Crippen LogP contribution in [0.2, 0.25) is 5.02 Å². The second kappa shape index (κ2) is 10.1. The third-order valence-electron chi connectivity index (χ3n) is 4.69. The zero-order valence-corrected chi connectivity index (χ0v) is 17.3. The molecule has 1 unspecified atom stereocenters. The molecule has 1 heterocycles. The molecule has 0 aliphatic carbocycles. The molecule has 2 rings (SSSR count). The molecular formula is C19H25ClN4O5. The maximum atomic E-state index is 13.0. The number of halogens is 1. The molecule has 158 valence electrons. The third kappa shape index (κ3) is 5.60. The number of amides is 5. The van der Waals surface area contributed by atoms with Crippen LogP contribution in [0, 0.1) is 5.92 Å². The summed E-state index contributed by atoms with van der Waals surface area (Å²) < 4.78 is 5.32. The quantitative estimate of drug-likeness (QED) is 0.621. The largest absolute Gasteiger partial charge is 0.496 e. The van der Waals surface area contributed by atoms with Gasteiger partial charge >= 0.3 is 6.03 Å². The van der Waals surface area contributed by atoms with E-state index in [2.05, 4.69) is 16.0 Å². The van der Waals surface area contributed by atoms with Crippen LogP contribution in [0.4, 0.5) is 4.79 Å². The summed E-state index contributed by atoms with van der Waals surface area (Å²) in [6.45, 7) is 1.38. The van der Waals surface area contributed by atoms with Crippen molar-refractivity contribution in [2.75, 3.05) is 27.2 Å². The van der Waals surface area contributed by atoms with Crippen LogP contribution in [0.25, 0.3) is 0 Å². The highest BCUT2D eigenvalue weighted by Gasteiger charge is 2.35. The third-order valence-corrected chi connectivity index (χ3v) is 4.92. The van der Waals surface area contributed by atoms with Gasteiger partial charge in [-0.15, -0.1) is 0 Å². The topological polar surface area (TPSA) is 117 Å². The van der Waals surface area contributed by atoms with Crippen LogP contribution in [-0.2, 0) is 20.8 Å². The number of benzene rings is 1. The van der Waals surface area contributed by atoms with Gasteiger partial charge in [-0.1, -0.05) is 18.5 Å². The van der Waals surface area contributed by atoms with Crippen LogP contribution in [0.15, 0.2) is 18.2 Å². The number of nitrogens with one attached hydrogen (secondary N) is 3. The van der Waals surface area contributed by atoms with Crippen molar-refractivity contribution < 1.29 is 23.9 Å². The summed E-state index contributed by atoms with van der Waals surface area (Å²) in [7, 11) is 2.96. The van der Waals surface area contributed by atoms with E-state index in [1.54, 1.807) is 25.1 Å². The van der Waals surface area contributed by atoms with Crippen LogP contribution >= 0.6 is 11.6 Å². The Morgan fingerprint density at radius 3 is 2.72 bits per heavy atom. The number of likely N-dealkylation sites (N-methyl/N-ethyl adjacent to an activating group) is 1. The molecular weight excluding hydrogens is 400 g/mol. The Morgan fingerprint density at radius 2 is 2.10 bits per heavy atom. The fourth-order valence-corrected chi connectivity index (χ4v) is 3.27. The first-order valence-electron chi connectivity index (χ1n) is 9.23. The van der Waals surface area contributed by atoms with Gasteiger partial charge in [0.2, 0.25) is 17.7 Å². The Balaban J connectivity index is 2.23. The summed E-state index contributed by atoms with van der Waals surface area (Å²) in [5, 5.41) is 8.10. The first-order chi connectivity index (χ1) is 13.8. The molecule has 0 radical (unpaired) electrons. The molecule has 9 nitrogen and oxygen atoms in total.